The van der Waals surface area contributed by atoms with E-state index < -0.39 is 0 Å². The summed E-state index contributed by atoms with van der Waals surface area (Å²) >= 11 is 1.70. The fourth-order valence-electron chi connectivity index (χ4n) is 2.54. The third-order valence-electron chi connectivity index (χ3n) is 3.93. The zero-order valence-electron chi connectivity index (χ0n) is 12.3. The highest BCUT2D eigenvalue weighted by molar-refractivity contribution is 7.13. The van der Waals surface area contributed by atoms with Gasteiger partial charge in [-0.1, -0.05) is 6.92 Å². The van der Waals surface area contributed by atoms with Gasteiger partial charge < -0.3 is 15.5 Å². The van der Waals surface area contributed by atoms with Crippen molar-refractivity contribution in [2.75, 3.05) is 36.0 Å². The number of nitrogens with zero attached hydrogens (tertiary/aromatic N) is 4. The Morgan fingerprint density at radius 2 is 1.95 bits per heavy atom. The van der Waals surface area contributed by atoms with Gasteiger partial charge in [0.05, 0.1) is 17.6 Å². The number of rotatable bonds is 4. The summed E-state index contributed by atoms with van der Waals surface area (Å²) in [4.78, 5) is 13.6. The van der Waals surface area contributed by atoms with E-state index >= 15 is 0 Å². The highest BCUT2D eigenvalue weighted by Crippen LogP contribution is 2.22. The summed E-state index contributed by atoms with van der Waals surface area (Å²) in [5.74, 6) is 0. The van der Waals surface area contributed by atoms with E-state index in [2.05, 4.69) is 38.8 Å². The number of hydrogen-bond acceptors (Lipinski definition) is 6. The second-order valence-electron chi connectivity index (χ2n) is 5.24. The molecule has 0 saturated carbocycles. The van der Waals surface area contributed by atoms with Crippen LogP contribution in [0.4, 0.5) is 10.8 Å². The van der Waals surface area contributed by atoms with E-state index in [1.807, 2.05) is 17.8 Å². The lowest BCUT2D eigenvalue weighted by atomic mass is 10.1. The Hall–Kier alpha value is -1.66. The molecule has 1 aliphatic heterocycles. The maximum atomic E-state index is 6.01. The second kappa shape index (κ2) is 6.41. The summed E-state index contributed by atoms with van der Waals surface area (Å²) in [6.45, 7) is 6.09. The van der Waals surface area contributed by atoms with Crippen LogP contribution in [0.5, 0.6) is 0 Å². The maximum Gasteiger partial charge on any atom is 0.185 e. The van der Waals surface area contributed by atoms with Crippen LogP contribution in [0.2, 0.25) is 0 Å². The van der Waals surface area contributed by atoms with Gasteiger partial charge in [0.25, 0.3) is 0 Å². The van der Waals surface area contributed by atoms with Crippen LogP contribution in [0.1, 0.15) is 25.1 Å². The third-order valence-corrected chi connectivity index (χ3v) is 4.76. The highest BCUT2D eigenvalue weighted by Gasteiger charge is 2.19. The molecule has 3 rings (SSSR count). The molecule has 0 radical (unpaired) electrons. The van der Waals surface area contributed by atoms with Crippen LogP contribution in [0.15, 0.2) is 29.9 Å². The Bertz CT molecular complexity index is 546. The average Bonchev–Trinajstić information content (AvgIpc) is 3.09. The molecular weight excluding hydrogens is 282 g/mol. The summed E-state index contributed by atoms with van der Waals surface area (Å²) in [5, 5.41) is 3.15. The van der Waals surface area contributed by atoms with Crippen LogP contribution in [0.3, 0.4) is 0 Å². The number of nitrogens with two attached hydrogens (primary N) is 1. The van der Waals surface area contributed by atoms with Crippen molar-refractivity contribution >= 4 is 22.2 Å². The first kappa shape index (κ1) is 14.3. The maximum absolute atomic E-state index is 6.01. The van der Waals surface area contributed by atoms with Crippen LogP contribution in [-0.4, -0.2) is 36.1 Å². The van der Waals surface area contributed by atoms with Gasteiger partial charge >= 0.3 is 0 Å². The first-order chi connectivity index (χ1) is 10.3. The van der Waals surface area contributed by atoms with E-state index in [9.17, 15) is 0 Å². The molecule has 1 atom stereocenters. The van der Waals surface area contributed by atoms with Crippen LogP contribution in [0, 0.1) is 0 Å². The molecule has 112 valence electrons. The Balaban J connectivity index is 1.61. The zero-order chi connectivity index (χ0) is 14.7. The summed E-state index contributed by atoms with van der Waals surface area (Å²) in [6, 6.07) is 4.23. The lowest BCUT2D eigenvalue weighted by Gasteiger charge is -2.35. The molecule has 0 bridgehead atoms. The van der Waals surface area contributed by atoms with Crippen LogP contribution < -0.4 is 15.5 Å². The van der Waals surface area contributed by atoms with Gasteiger partial charge in [0.15, 0.2) is 5.13 Å². The minimum absolute atomic E-state index is 0.0424. The van der Waals surface area contributed by atoms with E-state index in [0.717, 1.165) is 43.4 Å². The van der Waals surface area contributed by atoms with Crippen molar-refractivity contribution in [1.82, 2.24) is 9.97 Å². The SMILES string of the molecule is CC[C@@H](N)c1ccc(N2CCN(c3nccs3)CC2)cn1. The zero-order valence-corrected chi connectivity index (χ0v) is 13.1. The molecule has 0 amide bonds. The monoisotopic (exact) mass is 303 g/mol. The quantitative estimate of drug-likeness (QED) is 0.939. The molecule has 21 heavy (non-hydrogen) atoms. The molecule has 2 aromatic heterocycles. The first-order valence-corrected chi connectivity index (χ1v) is 8.27. The summed E-state index contributed by atoms with van der Waals surface area (Å²) in [5.41, 5.74) is 8.16. The van der Waals surface area contributed by atoms with Gasteiger partial charge in [-0.15, -0.1) is 11.3 Å². The van der Waals surface area contributed by atoms with Crippen molar-refractivity contribution in [3.8, 4) is 0 Å². The van der Waals surface area contributed by atoms with Gasteiger partial charge in [-0.05, 0) is 18.6 Å². The number of hydrogen-bond donors (Lipinski definition) is 1. The minimum Gasteiger partial charge on any atom is -0.367 e. The predicted octanol–water partition coefficient (Wildman–Crippen LogP) is 2.27. The molecule has 5 nitrogen and oxygen atoms in total. The van der Waals surface area contributed by atoms with E-state index in [-0.39, 0.29) is 6.04 Å². The average molecular weight is 303 g/mol. The molecule has 2 N–H and O–H groups in total. The molecule has 3 heterocycles. The lowest BCUT2D eigenvalue weighted by molar-refractivity contribution is 0.647. The number of pyridine rings is 1. The summed E-state index contributed by atoms with van der Waals surface area (Å²) < 4.78 is 0. The van der Waals surface area contributed by atoms with Crippen molar-refractivity contribution in [3.05, 3.63) is 35.6 Å². The standard InChI is InChI=1S/C15H21N5S/c1-2-13(16)14-4-3-12(11-18-14)19-6-8-20(9-7-19)15-17-5-10-21-15/h3-5,10-11,13H,2,6-9,16H2,1H3/t13-/m1/s1. The van der Waals surface area contributed by atoms with Crippen LogP contribution in [0.25, 0.3) is 0 Å². The van der Waals surface area contributed by atoms with Gasteiger partial charge in [0, 0.05) is 43.8 Å². The summed E-state index contributed by atoms with van der Waals surface area (Å²) in [6.07, 6.45) is 4.73. The van der Waals surface area contributed by atoms with Crippen LogP contribution in [-0.2, 0) is 0 Å². The largest absolute Gasteiger partial charge is 0.367 e. The van der Waals surface area contributed by atoms with Gasteiger partial charge in [0.2, 0.25) is 0 Å². The van der Waals surface area contributed by atoms with Gasteiger partial charge in [-0.2, -0.15) is 0 Å². The number of anilines is 2. The van der Waals surface area contributed by atoms with Gasteiger partial charge in [-0.3, -0.25) is 4.98 Å². The molecule has 1 fully saturated rings. The predicted molar refractivity (Wildman–Crippen MR) is 88.0 cm³/mol. The molecule has 0 aliphatic carbocycles. The normalized spacial score (nSPS) is 17.0. The molecule has 6 heteroatoms. The smallest absolute Gasteiger partial charge is 0.185 e. The van der Waals surface area contributed by atoms with Crippen molar-refractivity contribution in [3.63, 3.8) is 0 Å². The third kappa shape index (κ3) is 3.16. The Labute approximate surface area is 129 Å². The summed E-state index contributed by atoms with van der Waals surface area (Å²) in [7, 11) is 0. The number of thiazole rings is 1. The fourth-order valence-corrected chi connectivity index (χ4v) is 3.24. The van der Waals surface area contributed by atoms with Crippen molar-refractivity contribution in [2.45, 2.75) is 19.4 Å². The van der Waals surface area contributed by atoms with Crippen molar-refractivity contribution in [2.24, 2.45) is 5.73 Å². The number of aromatic nitrogens is 2. The second-order valence-corrected chi connectivity index (χ2v) is 6.12. The van der Waals surface area contributed by atoms with E-state index in [0.29, 0.717) is 0 Å². The molecule has 1 aliphatic rings. The molecule has 0 aromatic carbocycles. The Kier molecular flexibility index (Phi) is 4.36. The van der Waals surface area contributed by atoms with Gasteiger partial charge in [-0.25, -0.2) is 4.98 Å². The Morgan fingerprint density at radius 1 is 1.19 bits per heavy atom. The minimum atomic E-state index is 0.0424. The molecule has 1 saturated heterocycles. The fraction of sp³-hybridized carbons (Fsp3) is 0.467. The topological polar surface area (TPSA) is 58.3 Å². The van der Waals surface area contributed by atoms with E-state index in [1.54, 1.807) is 11.3 Å². The van der Waals surface area contributed by atoms with Crippen molar-refractivity contribution in [1.29, 1.82) is 0 Å². The lowest BCUT2D eigenvalue weighted by Crippen LogP contribution is -2.46. The number of piperazine rings is 1. The Morgan fingerprint density at radius 3 is 2.52 bits per heavy atom. The van der Waals surface area contributed by atoms with Crippen molar-refractivity contribution < 1.29 is 0 Å². The molecule has 2 aromatic rings. The molecular formula is C15H21N5S. The highest BCUT2D eigenvalue weighted by atomic mass is 32.1. The van der Waals surface area contributed by atoms with Crippen LogP contribution >= 0.6 is 11.3 Å². The van der Waals surface area contributed by atoms with E-state index in [4.69, 9.17) is 5.73 Å². The first-order valence-electron chi connectivity index (χ1n) is 7.39. The molecule has 0 unspecified atom stereocenters. The molecule has 0 spiro atoms. The van der Waals surface area contributed by atoms with E-state index in [1.165, 1.54) is 5.69 Å². The van der Waals surface area contributed by atoms with Gasteiger partial charge in [0.1, 0.15) is 0 Å².